The zero-order valence-electron chi connectivity index (χ0n) is 15.8. The number of rotatable bonds is 4. The van der Waals surface area contributed by atoms with Gasteiger partial charge in [0.2, 0.25) is 5.82 Å². The number of benzene rings is 1. The first-order chi connectivity index (χ1) is 14.3. The summed E-state index contributed by atoms with van der Waals surface area (Å²) in [4.78, 5) is 27.8. The van der Waals surface area contributed by atoms with Gasteiger partial charge in [-0.05, 0) is 24.1 Å². The molecule has 1 fully saturated rings. The maximum atomic E-state index is 12.6. The van der Waals surface area contributed by atoms with E-state index in [-0.39, 0.29) is 17.8 Å². The van der Waals surface area contributed by atoms with Crippen LogP contribution in [0.4, 0.5) is 5.82 Å². The molecule has 1 unspecified atom stereocenters. The predicted molar refractivity (Wildman–Crippen MR) is 111 cm³/mol. The fourth-order valence-corrected chi connectivity index (χ4v) is 3.74. The maximum Gasteiger partial charge on any atom is 0.289 e. The molecule has 29 heavy (non-hydrogen) atoms. The van der Waals surface area contributed by atoms with Crippen LogP contribution in [0.2, 0.25) is 0 Å². The highest BCUT2D eigenvalue weighted by molar-refractivity contribution is 5.91. The van der Waals surface area contributed by atoms with Crippen molar-refractivity contribution in [1.82, 2.24) is 24.7 Å². The fraction of sp³-hybridized carbons (Fsp3) is 0.182. The quantitative estimate of drug-likeness (QED) is 0.586. The molecule has 1 aliphatic rings. The van der Waals surface area contributed by atoms with Crippen molar-refractivity contribution in [1.29, 1.82) is 0 Å². The van der Waals surface area contributed by atoms with E-state index < -0.39 is 0 Å². The van der Waals surface area contributed by atoms with Crippen molar-refractivity contribution >= 4 is 17.2 Å². The third-order valence-corrected chi connectivity index (χ3v) is 5.22. The average molecular weight is 384 g/mol. The molecule has 1 N–H and O–H groups in total. The second kappa shape index (κ2) is 7.35. The summed E-state index contributed by atoms with van der Waals surface area (Å²) in [6.45, 7) is 1.56. The number of amides is 1. The normalized spacial score (nSPS) is 16.3. The van der Waals surface area contributed by atoms with Gasteiger partial charge in [0.1, 0.15) is 0 Å². The molecule has 5 rings (SSSR count). The van der Waals surface area contributed by atoms with Crippen LogP contribution in [0.25, 0.3) is 16.6 Å². The monoisotopic (exact) mass is 384 g/mol. The van der Waals surface area contributed by atoms with Gasteiger partial charge in [-0.15, -0.1) is 0 Å². The molecule has 0 saturated carbocycles. The molecule has 0 aliphatic carbocycles. The molecule has 1 saturated heterocycles. The van der Waals surface area contributed by atoms with E-state index in [0.717, 1.165) is 35.4 Å². The number of nitrogens with zero attached hydrogens (tertiary/aromatic N) is 5. The first-order valence-corrected chi connectivity index (χ1v) is 9.63. The van der Waals surface area contributed by atoms with Crippen molar-refractivity contribution < 1.29 is 4.79 Å². The highest BCUT2D eigenvalue weighted by Crippen LogP contribution is 2.23. The van der Waals surface area contributed by atoms with Gasteiger partial charge in [-0.2, -0.15) is 0 Å². The third-order valence-electron chi connectivity index (χ3n) is 5.22. The molecule has 0 spiro atoms. The van der Waals surface area contributed by atoms with E-state index in [0.29, 0.717) is 6.54 Å². The standard InChI is InChI=1S/C22H20N6O/c29-22(20-24-13-17(14-25-20)16-5-2-1-3-6-16)26-18-8-11-28(15-18)21-19-7-4-10-27(19)12-9-23-21/h1-7,9-10,12-14,18H,8,11,15H2,(H,26,29). The van der Waals surface area contributed by atoms with E-state index in [9.17, 15) is 4.79 Å². The molecular weight excluding hydrogens is 364 g/mol. The lowest BCUT2D eigenvalue weighted by Gasteiger charge is -2.18. The maximum absolute atomic E-state index is 12.6. The van der Waals surface area contributed by atoms with Crippen molar-refractivity contribution in [2.75, 3.05) is 18.0 Å². The highest BCUT2D eigenvalue weighted by Gasteiger charge is 2.27. The number of fused-ring (bicyclic) bond motifs is 1. The Morgan fingerprint density at radius 1 is 0.966 bits per heavy atom. The molecule has 0 bridgehead atoms. The van der Waals surface area contributed by atoms with Crippen LogP contribution in [0.1, 0.15) is 17.0 Å². The van der Waals surface area contributed by atoms with Crippen molar-refractivity contribution in [2.45, 2.75) is 12.5 Å². The molecule has 4 aromatic rings. The van der Waals surface area contributed by atoms with Gasteiger partial charge in [0, 0.05) is 55.7 Å². The summed E-state index contributed by atoms with van der Waals surface area (Å²) in [5, 5.41) is 3.06. The molecule has 1 atom stereocenters. The molecule has 3 aromatic heterocycles. The molecule has 7 nitrogen and oxygen atoms in total. The van der Waals surface area contributed by atoms with Gasteiger partial charge in [0.15, 0.2) is 5.82 Å². The summed E-state index contributed by atoms with van der Waals surface area (Å²) < 4.78 is 2.05. The highest BCUT2D eigenvalue weighted by atomic mass is 16.2. The van der Waals surface area contributed by atoms with E-state index in [1.807, 2.05) is 48.8 Å². The Balaban J connectivity index is 1.25. The Morgan fingerprint density at radius 2 is 1.79 bits per heavy atom. The minimum absolute atomic E-state index is 0.0388. The molecule has 0 radical (unpaired) electrons. The Kier molecular flexibility index (Phi) is 4.40. The minimum atomic E-state index is -0.245. The summed E-state index contributed by atoms with van der Waals surface area (Å²) in [6, 6.07) is 14.0. The topological polar surface area (TPSA) is 75.4 Å². The first-order valence-electron chi connectivity index (χ1n) is 9.63. The molecule has 1 aromatic carbocycles. The van der Waals surface area contributed by atoms with Gasteiger partial charge in [0.25, 0.3) is 5.91 Å². The van der Waals surface area contributed by atoms with Gasteiger partial charge in [0.05, 0.1) is 5.52 Å². The van der Waals surface area contributed by atoms with Gasteiger partial charge in [-0.1, -0.05) is 30.3 Å². The third kappa shape index (κ3) is 3.42. The summed E-state index contributed by atoms with van der Waals surface area (Å²) in [5.74, 6) is 0.887. The average Bonchev–Trinajstić information content (AvgIpc) is 3.44. The fourth-order valence-electron chi connectivity index (χ4n) is 3.74. The first kappa shape index (κ1) is 17.4. The van der Waals surface area contributed by atoms with E-state index >= 15 is 0 Å². The van der Waals surface area contributed by atoms with Crippen LogP contribution in [-0.2, 0) is 0 Å². The van der Waals surface area contributed by atoms with Crippen LogP contribution in [0, 0.1) is 0 Å². The van der Waals surface area contributed by atoms with Gasteiger partial charge >= 0.3 is 0 Å². The summed E-state index contributed by atoms with van der Waals surface area (Å²) in [7, 11) is 0. The van der Waals surface area contributed by atoms with Crippen molar-refractivity contribution in [2.24, 2.45) is 0 Å². The van der Waals surface area contributed by atoms with Crippen molar-refractivity contribution in [3.63, 3.8) is 0 Å². The van der Waals surface area contributed by atoms with Crippen LogP contribution in [0.15, 0.2) is 73.4 Å². The Morgan fingerprint density at radius 3 is 2.62 bits per heavy atom. The summed E-state index contributed by atoms with van der Waals surface area (Å²) in [5.41, 5.74) is 2.98. The van der Waals surface area contributed by atoms with Crippen molar-refractivity contribution in [3.05, 3.63) is 79.3 Å². The lowest BCUT2D eigenvalue weighted by molar-refractivity contribution is 0.0930. The summed E-state index contributed by atoms with van der Waals surface area (Å²) >= 11 is 0. The minimum Gasteiger partial charge on any atom is -0.353 e. The zero-order chi connectivity index (χ0) is 19.6. The zero-order valence-corrected chi connectivity index (χ0v) is 15.8. The largest absolute Gasteiger partial charge is 0.353 e. The Bertz CT molecular complexity index is 1140. The van der Waals surface area contributed by atoms with E-state index in [1.54, 1.807) is 18.6 Å². The molecule has 1 aliphatic heterocycles. The molecule has 7 heteroatoms. The second-order valence-corrected chi connectivity index (χ2v) is 7.12. The SMILES string of the molecule is O=C(NC1CCN(c2nccn3cccc23)C1)c1ncc(-c2ccccc2)cn1. The Hall–Kier alpha value is -3.74. The number of hydrogen-bond donors (Lipinski definition) is 1. The van der Waals surface area contributed by atoms with Crippen LogP contribution in [-0.4, -0.2) is 44.4 Å². The lowest BCUT2D eigenvalue weighted by atomic mass is 10.1. The molecule has 1 amide bonds. The number of hydrogen-bond acceptors (Lipinski definition) is 5. The predicted octanol–water partition coefficient (Wildman–Crippen LogP) is 2.80. The van der Waals surface area contributed by atoms with E-state index in [1.165, 1.54) is 0 Å². The lowest BCUT2D eigenvalue weighted by Crippen LogP contribution is -2.38. The van der Waals surface area contributed by atoms with E-state index in [4.69, 9.17) is 0 Å². The molecule has 144 valence electrons. The van der Waals surface area contributed by atoms with Gasteiger partial charge in [-0.3, -0.25) is 4.79 Å². The Labute approximate surface area is 168 Å². The van der Waals surface area contributed by atoms with Gasteiger partial charge < -0.3 is 14.6 Å². The number of nitrogens with one attached hydrogen (secondary N) is 1. The molecule has 4 heterocycles. The van der Waals surface area contributed by atoms with Crippen LogP contribution >= 0.6 is 0 Å². The van der Waals surface area contributed by atoms with E-state index in [2.05, 4.69) is 35.6 Å². The molecular formula is C22H20N6O. The van der Waals surface area contributed by atoms with Crippen LogP contribution in [0.5, 0.6) is 0 Å². The van der Waals surface area contributed by atoms with Crippen LogP contribution in [0.3, 0.4) is 0 Å². The second-order valence-electron chi connectivity index (χ2n) is 7.12. The number of carbonyl (C=O) groups is 1. The smallest absolute Gasteiger partial charge is 0.289 e. The van der Waals surface area contributed by atoms with Crippen LogP contribution < -0.4 is 10.2 Å². The number of anilines is 1. The summed E-state index contributed by atoms with van der Waals surface area (Å²) in [6.07, 6.45) is 9.98. The number of aromatic nitrogens is 4. The van der Waals surface area contributed by atoms with Crippen molar-refractivity contribution in [3.8, 4) is 11.1 Å². The number of carbonyl (C=O) groups excluding carboxylic acids is 1. The van der Waals surface area contributed by atoms with Gasteiger partial charge in [-0.25, -0.2) is 15.0 Å².